The molecule has 4 nitrogen and oxygen atoms in total. The second-order valence-corrected chi connectivity index (χ2v) is 19.0. The number of benzene rings is 4. The molecule has 0 unspecified atom stereocenters. The molecular weight excluding hydrogens is 837 g/mol. The summed E-state index contributed by atoms with van der Waals surface area (Å²) in [5.74, 6) is 0.584. The molecule has 0 N–H and O–H groups in total. The van der Waals surface area contributed by atoms with E-state index in [1.54, 1.807) is 78.1 Å². The van der Waals surface area contributed by atoms with E-state index in [0.29, 0.717) is 17.0 Å². The van der Waals surface area contributed by atoms with Crippen LogP contribution >= 0.6 is 0 Å². The number of hydrogen-bond donors (Lipinski definition) is 0. The van der Waals surface area contributed by atoms with Crippen LogP contribution in [0.1, 0.15) is 121 Å². The van der Waals surface area contributed by atoms with E-state index in [9.17, 15) is 0 Å². The van der Waals surface area contributed by atoms with Crippen molar-refractivity contribution in [3.8, 4) is 45.0 Å². The molecule has 0 saturated carbocycles. The minimum Gasteiger partial charge on any atom is -0.201 e. The molecule has 0 radical (unpaired) electrons. The van der Waals surface area contributed by atoms with E-state index in [1.165, 1.54) is 67.0 Å². The first-order chi connectivity index (χ1) is 37.4. The van der Waals surface area contributed by atoms with Crippen LogP contribution in [0.5, 0.6) is 0 Å². The van der Waals surface area contributed by atoms with E-state index in [2.05, 4.69) is 146 Å². The SMILES string of the molecule is Cc1cc(-c2ccc(C(C)C)cc2C)[n+](C)cc1C.Cc1ccc(-c2cc(C)c(C)c[n+]2C)c(C)c1.[2H]C([2H])([2H])Cc1ccc(-c2ccc(C([2H])([2H])[2H])c[n+]2C)c(C)c1.[2H]C([2H])([2H])c1ccc(-c2ccc(C([2H])([2H])[2H])c[n+]2C)c(C)c1. The molecule has 0 saturated heterocycles. The highest BCUT2D eigenvalue weighted by Crippen LogP contribution is 2.27. The maximum Gasteiger partial charge on any atom is 0.212 e. The Hall–Kier alpha value is -6.52. The van der Waals surface area contributed by atoms with Crippen LogP contribution in [0.25, 0.3) is 45.0 Å². The molecule has 8 aromatic rings. The molecule has 0 atom stereocenters. The van der Waals surface area contributed by atoms with Crippen molar-refractivity contribution in [3.63, 3.8) is 0 Å². The Bertz CT molecular complexity index is 3470. The number of pyridine rings is 4. The average molecular weight is 931 g/mol. The summed E-state index contributed by atoms with van der Waals surface area (Å²) in [4.78, 5) is 0. The largest absolute Gasteiger partial charge is 0.212 e. The third-order valence-corrected chi connectivity index (χ3v) is 12.9. The number of nitrogens with zero attached hydrogens (tertiary/aromatic N) is 4. The van der Waals surface area contributed by atoms with Crippen molar-refractivity contribution in [1.29, 1.82) is 0 Å². The minimum atomic E-state index is -2.14. The summed E-state index contributed by atoms with van der Waals surface area (Å²) in [7, 11) is 7.82. The molecule has 8 rings (SSSR count). The lowest BCUT2D eigenvalue weighted by atomic mass is 9.95. The zero-order valence-electron chi connectivity index (χ0n) is 55.8. The standard InChI is InChI=1S/C18H24N.2C16H20N.C15H18N/c1-12(2)16-7-8-17(14(4)9-16)18-10-13(3)15(5)11-19(18)6;1-11-6-7-15(13(3)8-11)16-9-12(2)14(4)10-17(16)5;1-5-14-7-8-15(13(3)10-14)16-9-6-12(2)11-17(16)4;1-11-5-7-14(13(3)9-11)15-8-6-12(2)10-16(15)4/h7-12H,1-6H3;6-10H,1-5H3;6-11H,5H2,1-4H3;5-10H,1-4H3/q4*+1/i;;2*1D3,2D3. The molecule has 0 aliphatic heterocycles. The van der Waals surface area contributed by atoms with Gasteiger partial charge in [-0.3, -0.25) is 0 Å². The summed E-state index contributed by atoms with van der Waals surface area (Å²) >= 11 is 0. The van der Waals surface area contributed by atoms with Crippen LogP contribution in [0.15, 0.2) is 134 Å². The van der Waals surface area contributed by atoms with E-state index in [1.807, 2.05) is 32.0 Å². The van der Waals surface area contributed by atoms with E-state index in [4.69, 9.17) is 16.4 Å². The molecule has 4 aromatic carbocycles. The van der Waals surface area contributed by atoms with Gasteiger partial charge in [0.2, 0.25) is 22.8 Å². The third-order valence-electron chi connectivity index (χ3n) is 12.9. The highest BCUT2D eigenvalue weighted by molar-refractivity contribution is 5.65. The van der Waals surface area contributed by atoms with Crippen molar-refractivity contribution >= 4 is 0 Å². The monoisotopic (exact) mass is 931 g/mol. The van der Waals surface area contributed by atoms with Gasteiger partial charge in [-0.15, -0.1) is 0 Å². The van der Waals surface area contributed by atoms with Gasteiger partial charge in [0.1, 0.15) is 28.2 Å². The predicted octanol–water partition coefficient (Wildman–Crippen LogP) is 14.1. The highest BCUT2D eigenvalue weighted by atomic mass is 14.9. The molecule has 4 aromatic heterocycles. The van der Waals surface area contributed by atoms with Gasteiger partial charge in [0, 0.05) is 85.2 Å². The Labute approximate surface area is 434 Å². The normalized spacial score (nSPS) is 14.0. The highest BCUT2D eigenvalue weighted by Gasteiger charge is 2.17. The molecule has 0 aliphatic carbocycles. The second-order valence-electron chi connectivity index (χ2n) is 19.0. The molecule has 0 amide bonds. The Morgan fingerprint density at radius 1 is 0.362 bits per heavy atom. The smallest absolute Gasteiger partial charge is 0.201 e. The van der Waals surface area contributed by atoms with Gasteiger partial charge in [0.15, 0.2) is 24.8 Å². The van der Waals surface area contributed by atoms with Crippen LogP contribution in [0.4, 0.5) is 0 Å². The topological polar surface area (TPSA) is 15.5 Å². The van der Waals surface area contributed by atoms with Gasteiger partial charge >= 0.3 is 0 Å². The van der Waals surface area contributed by atoms with Crippen LogP contribution in [-0.4, -0.2) is 0 Å². The molecule has 69 heavy (non-hydrogen) atoms. The molecule has 0 aliphatic rings. The zero-order chi connectivity index (χ0) is 60.9. The van der Waals surface area contributed by atoms with Gasteiger partial charge in [-0.25, -0.2) is 18.3 Å². The quantitative estimate of drug-likeness (QED) is 0.148. The molecule has 358 valence electrons. The van der Waals surface area contributed by atoms with Crippen molar-refractivity contribution in [2.45, 2.75) is 116 Å². The summed E-state index contributed by atoms with van der Waals surface area (Å²) in [6.45, 7) is 15.0. The Morgan fingerprint density at radius 2 is 0.754 bits per heavy atom. The van der Waals surface area contributed by atoms with Crippen LogP contribution in [0, 0.1) is 82.9 Å². The minimum absolute atomic E-state index is 0.0399. The van der Waals surface area contributed by atoms with Crippen LogP contribution in [0.3, 0.4) is 0 Å². The first-order valence-electron chi connectivity index (χ1n) is 29.7. The lowest BCUT2D eigenvalue weighted by Crippen LogP contribution is -2.31. The Balaban J connectivity index is 0.000000199. The first kappa shape index (κ1) is 38.3. The van der Waals surface area contributed by atoms with Gasteiger partial charge in [0.05, 0.1) is 0 Å². The fourth-order valence-corrected chi connectivity index (χ4v) is 8.58. The van der Waals surface area contributed by atoms with Crippen LogP contribution < -0.4 is 18.3 Å². The summed E-state index contributed by atoms with van der Waals surface area (Å²) in [6.07, 6.45) is 7.64. The summed E-state index contributed by atoms with van der Waals surface area (Å²) in [6, 6.07) is 35.3. The van der Waals surface area contributed by atoms with Gasteiger partial charge in [-0.1, -0.05) is 80.4 Å². The van der Waals surface area contributed by atoms with E-state index < -0.39 is 27.4 Å². The maximum atomic E-state index is 7.47. The lowest BCUT2D eigenvalue weighted by molar-refractivity contribution is -0.660. The lowest BCUT2D eigenvalue weighted by Gasteiger charge is -2.11. The molecular formula is C65H82N4+4. The van der Waals surface area contributed by atoms with Gasteiger partial charge in [-0.05, 0) is 176 Å². The van der Waals surface area contributed by atoms with Crippen molar-refractivity contribution in [2.75, 3.05) is 0 Å². The summed E-state index contributed by atoms with van der Waals surface area (Å²) in [5, 5.41) is 0. The Kier molecular flexibility index (Phi) is 13.2. The summed E-state index contributed by atoms with van der Waals surface area (Å²) in [5.41, 5.74) is 23.0. The van der Waals surface area contributed by atoms with Gasteiger partial charge in [0.25, 0.3) is 0 Å². The van der Waals surface area contributed by atoms with Crippen molar-refractivity contribution < 1.29 is 34.7 Å². The number of aromatic nitrogens is 4. The number of hydrogen-bond acceptors (Lipinski definition) is 0. The first-order valence-corrected chi connectivity index (χ1v) is 23.7. The van der Waals surface area contributed by atoms with E-state index in [-0.39, 0.29) is 12.0 Å². The zero-order valence-corrected chi connectivity index (χ0v) is 43.8. The average Bonchev–Trinajstić information content (AvgIpc) is 3.43. The predicted molar refractivity (Wildman–Crippen MR) is 293 cm³/mol. The van der Waals surface area contributed by atoms with Crippen molar-refractivity contribution in [2.24, 2.45) is 28.2 Å². The van der Waals surface area contributed by atoms with Crippen molar-refractivity contribution in [1.82, 2.24) is 0 Å². The third kappa shape index (κ3) is 13.8. The van der Waals surface area contributed by atoms with Gasteiger partial charge < -0.3 is 0 Å². The van der Waals surface area contributed by atoms with Crippen molar-refractivity contribution in [3.05, 3.63) is 212 Å². The summed E-state index contributed by atoms with van der Waals surface area (Å²) < 4.78 is 97.1. The van der Waals surface area contributed by atoms with Crippen LogP contribution in [0.2, 0.25) is 0 Å². The van der Waals surface area contributed by atoms with Crippen LogP contribution in [-0.2, 0) is 34.6 Å². The number of rotatable bonds is 6. The van der Waals surface area contributed by atoms with E-state index in [0.717, 1.165) is 39.2 Å². The Morgan fingerprint density at radius 3 is 1.17 bits per heavy atom. The second kappa shape index (κ2) is 23.7. The molecule has 4 heterocycles. The number of aryl methyl sites for hydroxylation is 17. The molecule has 4 heteroatoms. The maximum absolute atomic E-state index is 7.47. The molecule has 0 bridgehead atoms. The molecule has 0 spiro atoms. The molecule has 0 fully saturated rings. The van der Waals surface area contributed by atoms with Gasteiger partial charge in [-0.2, -0.15) is 0 Å². The van der Waals surface area contributed by atoms with E-state index >= 15 is 0 Å². The fourth-order valence-electron chi connectivity index (χ4n) is 8.58. The fraction of sp³-hybridized carbons (Fsp3) is 0.323.